The van der Waals surface area contributed by atoms with Crippen LogP contribution in [0.25, 0.3) is 22.6 Å². The summed E-state index contributed by atoms with van der Waals surface area (Å²) in [5, 5.41) is 28.9. The minimum atomic E-state index is -1.20. The first-order valence-corrected chi connectivity index (χ1v) is 12.9. The third-order valence-corrected chi connectivity index (χ3v) is 8.25. The molecule has 0 bridgehead atoms. The summed E-state index contributed by atoms with van der Waals surface area (Å²) >= 11 is 12.6. The number of halogens is 2. The van der Waals surface area contributed by atoms with E-state index in [4.69, 9.17) is 33.2 Å². The Hall–Kier alpha value is -3.31. The second-order valence-corrected chi connectivity index (χ2v) is 10.8. The zero-order valence-electron chi connectivity index (χ0n) is 20.6. The summed E-state index contributed by atoms with van der Waals surface area (Å²) in [6.45, 7) is 2.38. The van der Waals surface area contributed by atoms with Gasteiger partial charge in [0.05, 0.1) is 28.9 Å². The number of aliphatic hydroxyl groups is 2. The number of nitrogens with one attached hydrogen (secondary N) is 2. The van der Waals surface area contributed by atoms with E-state index in [9.17, 15) is 15.0 Å². The molecule has 6 rings (SSSR count). The molecule has 10 nitrogen and oxygen atoms in total. The van der Waals surface area contributed by atoms with Crippen molar-refractivity contribution in [3.8, 4) is 11.4 Å². The third-order valence-electron chi connectivity index (χ3n) is 7.68. The van der Waals surface area contributed by atoms with E-state index in [1.54, 1.807) is 23.2 Å². The van der Waals surface area contributed by atoms with Crippen LogP contribution in [-0.2, 0) is 11.3 Å². The number of benzene rings is 1. The predicted molar refractivity (Wildman–Crippen MR) is 143 cm³/mol. The second-order valence-electron chi connectivity index (χ2n) is 9.92. The monoisotopic (exact) mass is 553 g/mol. The van der Waals surface area contributed by atoms with E-state index in [1.165, 1.54) is 13.2 Å². The summed E-state index contributed by atoms with van der Waals surface area (Å²) in [6.07, 6.45) is 2.80. The van der Waals surface area contributed by atoms with Gasteiger partial charge in [-0.3, -0.25) is 9.78 Å². The molecule has 1 unspecified atom stereocenters. The highest BCUT2D eigenvalue weighted by molar-refractivity contribution is 6.31. The van der Waals surface area contributed by atoms with Crippen LogP contribution in [-0.4, -0.2) is 59.9 Å². The van der Waals surface area contributed by atoms with Crippen molar-refractivity contribution >= 4 is 46.1 Å². The van der Waals surface area contributed by atoms with Crippen LogP contribution in [0.5, 0.6) is 0 Å². The van der Waals surface area contributed by atoms with E-state index in [0.717, 1.165) is 11.1 Å². The van der Waals surface area contributed by atoms with E-state index in [-0.39, 0.29) is 11.8 Å². The molecule has 12 heteroatoms. The van der Waals surface area contributed by atoms with E-state index in [2.05, 4.69) is 20.6 Å². The molecule has 2 fully saturated rings. The standard InChI is InChI=1S/C26H25Cl2N7O3/c1-12-3-4-17(28)13(5-12)9-31-23-18-24(34-22(33-23)14-6-15(27)10-30-8-14)35(11-32-18)19-16-7-26(16,25(38)29-2)21(37)20(19)36/h3-6,8,10-11,16,19-21,36-37H,7,9H2,1-2H3,(H,29,38)(H,31,33,34)/t16-,19?,20+,21+,26+/m1/s1. The van der Waals surface area contributed by atoms with E-state index >= 15 is 0 Å². The largest absolute Gasteiger partial charge is 0.389 e. The quantitative estimate of drug-likeness (QED) is 0.285. The van der Waals surface area contributed by atoms with Crippen molar-refractivity contribution in [1.29, 1.82) is 0 Å². The minimum absolute atomic E-state index is 0.265. The first-order valence-electron chi connectivity index (χ1n) is 12.2. The van der Waals surface area contributed by atoms with Crippen molar-refractivity contribution in [1.82, 2.24) is 29.8 Å². The minimum Gasteiger partial charge on any atom is -0.389 e. The fraction of sp³-hybridized carbons (Fsp3) is 0.346. The van der Waals surface area contributed by atoms with Crippen molar-refractivity contribution in [3.05, 3.63) is 64.2 Å². The average Bonchev–Trinajstić information content (AvgIpc) is 3.44. The first kappa shape index (κ1) is 25.0. The molecule has 2 aliphatic rings. The molecule has 0 saturated heterocycles. The van der Waals surface area contributed by atoms with Gasteiger partial charge in [-0.15, -0.1) is 0 Å². The van der Waals surface area contributed by atoms with Crippen molar-refractivity contribution in [2.45, 2.75) is 38.1 Å². The fourth-order valence-electron chi connectivity index (χ4n) is 5.73. The van der Waals surface area contributed by atoms with Gasteiger partial charge in [-0.1, -0.05) is 40.9 Å². The molecular weight excluding hydrogens is 529 g/mol. The second kappa shape index (κ2) is 9.16. The number of imidazole rings is 1. The number of carbonyl (C=O) groups excluding carboxylic acids is 1. The lowest BCUT2D eigenvalue weighted by Gasteiger charge is -2.23. The number of carbonyl (C=O) groups is 1. The molecule has 196 valence electrons. The van der Waals surface area contributed by atoms with Gasteiger partial charge in [-0.05, 0) is 31.0 Å². The highest BCUT2D eigenvalue weighted by atomic mass is 35.5. The summed E-state index contributed by atoms with van der Waals surface area (Å²) in [6, 6.07) is 6.91. The molecule has 1 aromatic carbocycles. The molecule has 0 aliphatic heterocycles. The Morgan fingerprint density at radius 1 is 1.21 bits per heavy atom. The van der Waals surface area contributed by atoms with Crippen molar-refractivity contribution < 1.29 is 15.0 Å². The summed E-state index contributed by atoms with van der Waals surface area (Å²) in [5.74, 6) is 0.272. The Morgan fingerprint density at radius 2 is 2.03 bits per heavy atom. The topological polar surface area (TPSA) is 138 Å². The summed E-state index contributed by atoms with van der Waals surface area (Å²) in [4.78, 5) is 30.9. The van der Waals surface area contributed by atoms with Gasteiger partial charge in [0.2, 0.25) is 5.91 Å². The number of pyridine rings is 1. The van der Waals surface area contributed by atoms with Crippen LogP contribution < -0.4 is 10.6 Å². The number of nitrogens with zero attached hydrogens (tertiary/aromatic N) is 5. The number of aliphatic hydroxyl groups excluding tert-OH is 2. The number of anilines is 1. The zero-order valence-corrected chi connectivity index (χ0v) is 22.1. The maximum absolute atomic E-state index is 12.6. The van der Waals surface area contributed by atoms with Crippen LogP contribution in [0.15, 0.2) is 43.0 Å². The molecule has 4 aromatic rings. The predicted octanol–water partition coefficient (Wildman–Crippen LogP) is 3.14. The smallest absolute Gasteiger partial charge is 0.229 e. The Balaban J connectivity index is 1.45. The number of aromatic nitrogens is 5. The molecule has 0 radical (unpaired) electrons. The molecule has 5 atom stereocenters. The Morgan fingerprint density at radius 3 is 2.79 bits per heavy atom. The molecule has 3 heterocycles. The highest BCUT2D eigenvalue weighted by Crippen LogP contribution is 2.67. The lowest BCUT2D eigenvalue weighted by atomic mass is 9.98. The molecule has 3 aromatic heterocycles. The molecule has 4 N–H and O–H groups in total. The number of aryl methyl sites for hydroxylation is 1. The van der Waals surface area contributed by atoms with Crippen LogP contribution in [0.4, 0.5) is 5.82 Å². The van der Waals surface area contributed by atoms with E-state index in [1.807, 2.05) is 25.1 Å². The van der Waals surface area contributed by atoms with Crippen LogP contribution in [0, 0.1) is 18.3 Å². The van der Waals surface area contributed by atoms with Gasteiger partial charge in [-0.2, -0.15) is 0 Å². The maximum atomic E-state index is 12.6. The van der Waals surface area contributed by atoms with Crippen LogP contribution in [0.3, 0.4) is 0 Å². The van der Waals surface area contributed by atoms with Gasteiger partial charge < -0.3 is 25.4 Å². The van der Waals surface area contributed by atoms with Gasteiger partial charge in [0.1, 0.15) is 11.6 Å². The van der Waals surface area contributed by atoms with Gasteiger partial charge in [0.25, 0.3) is 0 Å². The zero-order chi connectivity index (χ0) is 26.8. The summed E-state index contributed by atoms with van der Waals surface area (Å²) in [7, 11) is 1.53. The fourth-order valence-corrected chi connectivity index (χ4v) is 6.08. The van der Waals surface area contributed by atoms with Crippen molar-refractivity contribution in [3.63, 3.8) is 0 Å². The number of amides is 1. The third kappa shape index (κ3) is 3.82. The summed E-state index contributed by atoms with van der Waals surface area (Å²) in [5.41, 5.74) is 2.47. The Bertz CT molecular complexity index is 1580. The molecule has 38 heavy (non-hydrogen) atoms. The molecule has 2 saturated carbocycles. The Labute approximate surface area is 228 Å². The summed E-state index contributed by atoms with van der Waals surface area (Å²) < 4.78 is 1.74. The normalized spacial score (nSPS) is 25.8. The number of rotatable bonds is 6. The van der Waals surface area contributed by atoms with Crippen molar-refractivity contribution in [2.24, 2.45) is 11.3 Å². The lowest BCUT2D eigenvalue weighted by Crippen LogP contribution is -2.41. The van der Waals surface area contributed by atoms with Gasteiger partial charge >= 0.3 is 0 Å². The molecule has 0 spiro atoms. The molecule has 2 aliphatic carbocycles. The van der Waals surface area contributed by atoms with Crippen LogP contribution in [0.2, 0.25) is 10.0 Å². The molecule has 1 amide bonds. The number of hydrogen-bond acceptors (Lipinski definition) is 8. The van der Waals surface area contributed by atoms with E-state index < -0.39 is 23.7 Å². The first-order chi connectivity index (χ1) is 18.2. The van der Waals surface area contributed by atoms with E-state index in [0.29, 0.717) is 51.4 Å². The van der Waals surface area contributed by atoms with Gasteiger partial charge in [-0.25, -0.2) is 15.0 Å². The lowest BCUT2D eigenvalue weighted by molar-refractivity contribution is -0.132. The molecular formula is C26H25Cl2N7O3. The number of hydrogen-bond donors (Lipinski definition) is 4. The highest BCUT2D eigenvalue weighted by Gasteiger charge is 2.75. The van der Waals surface area contributed by atoms with Gasteiger partial charge in [0, 0.05) is 42.5 Å². The SMILES string of the molecule is CNC(=O)[C@@]12C[C@@H]1C(n1cnc3c(NCc4cc(C)ccc4Cl)nc(-c4cncc(Cl)c4)nc31)[C@H](O)[C@@H]2O. The van der Waals surface area contributed by atoms with Crippen LogP contribution >= 0.6 is 23.2 Å². The Kier molecular flexibility index (Phi) is 6.03. The average molecular weight is 554 g/mol. The van der Waals surface area contributed by atoms with Crippen LogP contribution in [0.1, 0.15) is 23.6 Å². The number of fused-ring (bicyclic) bond motifs is 2. The van der Waals surface area contributed by atoms with Crippen molar-refractivity contribution in [2.75, 3.05) is 12.4 Å². The van der Waals surface area contributed by atoms with Gasteiger partial charge in [0.15, 0.2) is 17.3 Å². The maximum Gasteiger partial charge on any atom is 0.229 e.